The number of rotatable bonds is 4. The molecule has 1 amide bonds. The van der Waals surface area contributed by atoms with Crippen molar-refractivity contribution in [3.63, 3.8) is 0 Å². The minimum absolute atomic E-state index is 0.0418. The summed E-state index contributed by atoms with van der Waals surface area (Å²) in [6, 6.07) is 0. The van der Waals surface area contributed by atoms with E-state index in [0.29, 0.717) is 23.7 Å². The Morgan fingerprint density at radius 3 is 2.56 bits per heavy atom. The summed E-state index contributed by atoms with van der Waals surface area (Å²) >= 11 is 0. The Hall–Kier alpha value is -1.43. The Morgan fingerprint density at radius 1 is 1.11 bits per heavy atom. The molecule has 1 aromatic heterocycles. The predicted octanol–water partition coefficient (Wildman–Crippen LogP) is 3.47. The van der Waals surface area contributed by atoms with Crippen molar-refractivity contribution in [1.82, 2.24) is 15.0 Å². The van der Waals surface area contributed by atoms with Gasteiger partial charge in [0.05, 0.1) is 5.60 Å². The minimum atomic E-state index is -0.0418. The van der Waals surface area contributed by atoms with Crippen molar-refractivity contribution >= 4 is 5.91 Å². The molecular formula is C21H31N3O3. The topological polar surface area (TPSA) is 68.5 Å². The standard InChI is InChI=1S/C21H31N3O3/c25-20(17-5-2-6-17)24-10-8-21(9-11-24)14-15(7-12-26-21)13-18-22-19(27-23-18)16-3-1-4-16/h15-17H,1-14H2. The highest BCUT2D eigenvalue weighted by Crippen LogP contribution is 2.40. The van der Waals surface area contributed by atoms with Crippen LogP contribution in [0, 0.1) is 11.8 Å². The Bertz CT molecular complexity index is 672. The molecule has 0 radical (unpaired) electrons. The molecule has 0 bridgehead atoms. The highest BCUT2D eigenvalue weighted by Gasteiger charge is 2.42. The number of hydrogen-bond donors (Lipinski definition) is 0. The summed E-state index contributed by atoms with van der Waals surface area (Å²) in [6.45, 7) is 2.53. The second kappa shape index (κ2) is 7.19. The van der Waals surface area contributed by atoms with Crippen LogP contribution in [-0.4, -0.2) is 46.2 Å². The van der Waals surface area contributed by atoms with Crippen LogP contribution in [0.25, 0.3) is 0 Å². The van der Waals surface area contributed by atoms with Crippen molar-refractivity contribution in [2.24, 2.45) is 11.8 Å². The first-order chi connectivity index (χ1) is 13.2. The smallest absolute Gasteiger partial charge is 0.229 e. The molecule has 2 aliphatic heterocycles. The van der Waals surface area contributed by atoms with Crippen LogP contribution in [0.15, 0.2) is 4.52 Å². The van der Waals surface area contributed by atoms with E-state index in [2.05, 4.69) is 15.0 Å². The van der Waals surface area contributed by atoms with Crippen LogP contribution in [0.5, 0.6) is 0 Å². The van der Waals surface area contributed by atoms with Gasteiger partial charge in [-0.3, -0.25) is 4.79 Å². The Balaban J connectivity index is 1.16. The molecule has 4 aliphatic rings. The number of nitrogens with zero attached hydrogens (tertiary/aromatic N) is 3. The highest BCUT2D eigenvalue weighted by atomic mass is 16.5. The minimum Gasteiger partial charge on any atom is -0.375 e. The first-order valence-electron chi connectivity index (χ1n) is 11.0. The van der Waals surface area contributed by atoms with Gasteiger partial charge in [-0.15, -0.1) is 0 Å². The zero-order chi connectivity index (χ0) is 18.3. The normalized spacial score (nSPS) is 28.7. The third-order valence-electron chi connectivity index (χ3n) is 7.45. The number of aromatic nitrogens is 2. The van der Waals surface area contributed by atoms with Gasteiger partial charge in [0, 0.05) is 38.0 Å². The average molecular weight is 373 g/mol. The van der Waals surface area contributed by atoms with Crippen LogP contribution >= 0.6 is 0 Å². The summed E-state index contributed by atoms with van der Waals surface area (Å²) in [5, 5.41) is 4.24. The lowest BCUT2D eigenvalue weighted by Gasteiger charge is -2.47. The van der Waals surface area contributed by atoms with Gasteiger partial charge in [-0.2, -0.15) is 4.98 Å². The fraction of sp³-hybridized carbons (Fsp3) is 0.857. The van der Waals surface area contributed by atoms with Crippen LogP contribution < -0.4 is 0 Å². The molecule has 3 heterocycles. The molecule has 5 rings (SSSR count). The molecule has 2 saturated heterocycles. The van der Waals surface area contributed by atoms with Crippen molar-refractivity contribution in [2.45, 2.75) is 82.1 Å². The van der Waals surface area contributed by atoms with E-state index in [1.807, 2.05) is 0 Å². The number of carbonyl (C=O) groups excluding carboxylic acids is 1. The van der Waals surface area contributed by atoms with E-state index < -0.39 is 0 Å². The number of hydrogen-bond acceptors (Lipinski definition) is 5. The largest absolute Gasteiger partial charge is 0.375 e. The second-order valence-electron chi connectivity index (χ2n) is 9.22. The van der Waals surface area contributed by atoms with Gasteiger partial charge in [0.15, 0.2) is 5.82 Å². The monoisotopic (exact) mass is 373 g/mol. The highest BCUT2D eigenvalue weighted by molar-refractivity contribution is 5.79. The van der Waals surface area contributed by atoms with Crippen molar-refractivity contribution in [2.75, 3.05) is 19.7 Å². The van der Waals surface area contributed by atoms with Crippen LogP contribution in [-0.2, 0) is 16.0 Å². The van der Waals surface area contributed by atoms with E-state index >= 15 is 0 Å². The van der Waals surface area contributed by atoms with E-state index in [0.717, 1.165) is 76.4 Å². The van der Waals surface area contributed by atoms with Crippen LogP contribution in [0.1, 0.15) is 81.8 Å². The van der Waals surface area contributed by atoms with Crippen molar-refractivity contribution in [3.8, 4) is 0 Å². The fourth-order valence-corrected chi connectivity index (χ4v) is 5.13. The van der Waals surface area contributed by atoms with Gasteiger partial charge in [0.25, 0.3) is 0 Å². The lowest BCUT2D eigenvalue weighted by atomic mass is 9.77. The zero-order valence-corrected chi connectivity index (χ0v) is 16.2. The summed E-state index contributed by atoms with van der Waals surface area (Å²) in [7, 11) is 0. The Kier molecular flexibility index (Phi) is 4.70. The van der Waals surface area contributed by atoms with E-state index in [1.165, 1.54) is 25.7 Å². The van der Waals surface area contributed by atoms with Crippen LogP contribution in [0.4, 0.5) is 0 Å². The average Bonchev–Trinajstić information content (AvgIpc) is 3.00. The van der Waals surface area contributed by atoms with Gasteiger partial charge in [-0.1, -0.05) is 18.0 Å². The number of likely N-dealkylation sites (tertiary alicyclic amines) is 1. The third kappa shape index (κ3) is 3.53. The molecule has 1 unspecified atom stereocenters. The number of carbonyl (C=O) groups is 1. The van der Waals surface area contributed by atoms with E-state index in [-0.39, 0.29) is 5.60 Å². The SMILES string of the molecule is O=C(C1CCC1)N1CCC2(CC1)CC(Cc1noc(C3CCC3)n1)CCO2. The molecule has 27 heavy (non-hydrogen) atoms. The van der Waals surface area contributed by atoms with Gasteiger partial charge < -0.3 is 14.2 Å². The third-order valence-corrected chi connectivity index (χ3v) is 7.45. The summed E-state index contributed by atoms with van der Waals surface area (Å²) in [4.78, 5) is 19.3. The molecule has 2 aliphatic carbocycles. The number of amides is 1. The molecule has 6 nitrogen and oxygen atoms in total. The van der Waals surface area contributed by atoms with E-state index in [4.69, 9.17) is 9.26 Å². The molecule has 1 spiro atoms. The predicted molar refractivity (Wildman–Crippen MR) is 99.2 cm³/mol. The maximum Gasteiger partial charge on any atom is 0.229 e. The molecule has 1 atom stereocenters. The van der Waals surface area contributed by atoms with Gasteiger partial charge >= 0.3 is 0 Å². The Labute approximate surface area is 161 Å². The number of ether oxygens (including phenoxy) is 1. The molecule has 6 heteroatoms. The van der Waals surface area contributed by atoms with Gasteiger partial charge in [0.1, 0.15) is 0 Å². The van der Waals surface area contributed by atoms with Crippen LogP contribution in [0.2, 0.25) is 0 Å². The maximum atomic E-state index is 12.5. The second-order valence-corrected chi connectivity index (χ2v) is 9.22. The fourth-order valence-electron chi connectivity index (χ4n) is 5.13. The molecule has 4 fully saturated rings. The summed E-state index contributed by atoms with van der Waals surface area (Å²) in [5.41, 5.74) is -0.0418. The first kappa shape index (κ1) is 17.7. The summed E-state index contributed by atoms with van der Waals surface area (Å²) in [5.74, 6) is 3.47. The summed E-state index contributed by atoms with van der Waals surface area (Å²) in [6.07, 6.45) is 12.0. The molecule has 0 aromatic carbocycles. The summed E-state index contributed by atoms with van der Waals surface area (Å²) < 4.78 is 11.8. The van der Waals surface area contributed by atoms with Gasteiger partial charge in [-0.25, -0.2) is 0 Å². The molecule has 0 N–H and O–H groups in total. The lowest BCUT2D eigenvalue weighted by Crippen LogP contribution is -2.52. The molecule has 1 aromatic rings. The van der Waals surface area contributed by atoms with Gasteiger partial charge in [-0.05, 0) is 57.3 Å². The van der Waals surface area contributed by atoms with Gasteiger partial charge in [0.2, 0.25) is 11.8 Å². The van der Waals surface area contributed by atoms with Crippen molar-refractivity contribution < 1.29 is 14.1 Å². The zero-order valence-electron chi connectivity index (χ0n) is 16.2. The molecule has 2 saturated carbocycles. The van der Waals surface area contributed by atoms with Crippen molar-refractivity contribution in [3.05, 3.63) is 11.7 Å². The van der Waals surface area contributed by atoms with E-state index in [1.54, 1.807) is 0 Å². The quantitative estimate of drug-likeness (QED) is 0.808. The number of piperidine rings is 1. The Morgan fingerprint density at radius 2 is 1.89 bits per heavy atom. The van der Waals surface area contributed by atoms with Crippen LogP contribution in [0.3, 0.4) is 0 Å². The molecular weight excluding hydrogens is 342 g/mol. The van der Waals surface area contributed by atoms with Crippen molar-refractivity contribution in [1.29, 1.82) is 0 Å². The maximum absolute atomic E-state index is 12.5. The lowest BCUT2D eigenvalue weighted by molar-refractivity contribution is -0.152. The first-order valence-corrected chi connectivity index (χ1v) is 11.0. The van der Waals surface area contributed by atoms with E-state index in [9.17, 15) is 4.79 Å². The molecule has 148 valence electrons.